The maximum atomic E-state index is 14.5. The second-order valence-electron chi connectivity index (χ2n) is 5.83. The number of aryl methyl sites for hydroxylation is 2. The van der Waals surface area contributed by atoms with Crippen molar-refractivity contribution < 1.29 is 4.39 Å². The number of nitrogens with zero attached hydrogens (tertiary/aromatic N) is 1. The van der Waals surface area contributed by atoms with Gasteiger partial charge in [0.25, 0.3) is 5.56 Å². The molecule has 0 aliphatic rings. The van der Waals surface area contributed by atoms with Crippen molar-refractivity contribution in [2.45, 2.75) is 13.8 Å². The Bertz CT molecular complexity index is 1080. The van der Waals surface area contributed by atoms with Gasteiger partial charge in [-0.2, -0.15) is 5.26 Å². The standard InChI is InChI=1S/C20H14BrFN2O/c1-11-6-7-13(12(2)8-11)18-9-15(16(10-23)20(25)24-18)14-4-3-5-17(21)19(14)22/h3-9H,1-2H3,(H,24,25). The van der Waals surface area contributed by atoms with Crippen molar-refractivity contribution in [3.8, 4) is 28.5 Å². The number of nitrogens with one attached hydrogen (secondary N) is 1. The molecule has 0 fully saturated rings. The molecule has 0 saturated heterocycles. The van der Waals surface area contributed by atoms with E-state index >= 15 is 0 Å². The summed E-state index contributed by atoms with van der Waals surface area (Å²) >= 11 is 3.15. The fourth-order valence-electron chi connectivity index (χ4n) is 2.86. The zero-order chi connectivity index (χ0) is 18.1. The summed E-state index contributed by atoms with van der Waals surface area (Å²) in [5.41, 5.74) is 3.33. The molecule has 124 valence electrons. The Kier molecular flexibility index (Phi) is 4.56. The van der Waals surface area contributed by atoms with Gasteiger partial charge in [0, 0.05) is 22.4 Å². The lowest BCUT2D eigenvalue weighted by molar-refractivity contribution is 0.624. The molecule has 0 atom stereocenters. The van der Waals surface area contributed by atoms with Gasteiger partial charge in [0.05, 0.1) is 4.47 Å². The summed E-state index contributed by atoms with van der Waals surface area (Å²) in [5.74, 6) is -0.504. The minimum Gasteiger partial charge on any atom is -0.321 e. The highest BCUT2D eigenvalue weighted by molar-refractivity contribution is 9.10. The van der Waals surface area contributed by atoms with Crippen molar-refractivity contribution in [3.63, 3.8) is 0 Å². The Morgan fingerprint density at radius 3 is 2.52 bits per heavy atom. The summed E-state index contributed by atoms with van der Waals surface area (Å²) < 4.78 is 14.8. The number of H-pyrrole nitrogens is 1. The largest absolute Gasteiger partial charge is 0.321 e. The Labute approximate surface area is 152 Å². The summed E-state index contributed by atoms with van der Waals surface area (Å²) in [4.78, 5) is 15.1. The predicted molar refractivity (Wildman–Crippen MR) is 99.8 cm³/mol. The number of aromatic nitrogens is 1. The molecule has 0 radical (unpaired) electrons. The fourth-order valence-corrected chi connectivity index (χ4v) is 3.22. The molecule has 2 aromatic carbocycles. The lowest BCUT2D eigenvalue weighted by atomic mass is 9.96. The van der Waals surface area contributed by atoms with E-state index in [1.807, 2.05) is 38.1 Å². The third-order valence-electron chi connectivity index (χ3n) is 4.06. The second kappa shape index (κ2) is 6.66. The zero-order valence-electron chi connectivity index (χ0n) is 13.7. The van der Waals surface area contributed by atoms with Crippen LogP contribution >= 0.6 is 15.9 Å². The van der Waals surface area contributed by atoms with Crippen molar-refractivity contribution in [3.05, 3.63) is 79.8 Å². The monoisotopic (exact) mass is 396 g/mol. The molecule has 0 aliphatic heterocycles. The maximum Gasteiger partial charge on any atom is 0.266 e. The molecule has 1 N–H and O–H groups in total. The van der Waals surface area contributed by atoms with E-state index in [4.69, 9.17) is 0 Å². The minimum atomic E-state index is -0.533. The number of hydrogen-bond donors (Lipinski definition) is 1. The van der Waals surface area contributed by atoms with Crippen LogP contribution in [0.5, 0.6) is 0 Å². The Morgan fingerprint density at radius 2 is 1.84 bits per heavy atom. The van der Waals surface area contributed by atoms with E-state index in [-0.39, 0.29) is 21.2 Å². The minimum absolute atomic E-state index is 0.106. The summed E-state index contributed by atoms with van der Waals surface area (Å²) in [6.45, 7) is 3.93. The highest BCUT2D eigenvalue weighted by atomic mass is 79.9. The fraction of sp³-hybridized carbons (Fsp3) is 0.100. The summed E-state index contributed by atoms with van der Waals surface area (Å²) in [6, 6.07) is 14.2. The van der Waals surface area contributed by atoms with Gasteiger partial charge in [-0.1, -0.05) is 35.9 Å². The normalized spacial score (nSPS) is 10.5. The molecule has 3 nitrogen and oxygen atoms in total. The SMILES string of the molecule is Cc1ccc(-c2cc(-c3cccc(Br)c3F)c(C#N)c(=O)[nH]2)c(C)c1. The summed E-state index contributed by atoms with van der Waals surface area (Å²) in [5, 5.41) is 9.37. The van der Waals surface area contributed by atoms with Crippen molar-refractivity contribution in [1.82, 2.24) is 4.98 Å². The van der Waals surface area contributed by atoms with E-state index in [1.165, 1.54) is 0 Å². The van der Waals surface area contributed by atoms with Crippen LogP contribution in [0.3, 0.4) is 0 Å². The summed E-state index contributed by atoms with van der Waals surface area (Å²) in [6.07, 6.45) is 0. The first-order valence-corrected chi connectivity index (χ1v) is 8.41. The average Bonchev–Trinajstić information content (AvgIpc) is 2.56. The Morgan fingerprint density at radius 1 is 1.08 bits per heavy atom. The van der Waals surface area contributed by atoms with E-state index < -0.39 is 11.4 Å². The molecule has 25 heavy (non-hydrogen) atoms. The molecule has 3 aromatic rings. The van der Waals surface area contributed by atoms with E-state index in [1.54, 1.807) is 24.3 Å². The quantitative estimate of drug-likeness (QED) is 0.654. The van der Waals surface area contributed by atoms with Crippen LogP contribution in [-0.2, 0) is 0 Å². The first-order valence-electron chi connectivity index (χ1n) is 7.62. The number of rotatable bonds is 2. The third-order valence-corrected chi connectivity index (χ3v) is 4.67. The molecule has 3 rings (SSSR count). The van der Waals surface area contributed by atoms with Gasteiger partial charge in [-0.3, -0.25) is 4.79 Å². The van der Waals surface area contributed by atoms with Crippen LogP contribution < -0.4 is 5.56 Å². The zero-order valence-corrected chi connectivity index (χ0v) is 15.2. The number of nitriles is 1. The van der Waals surface area contributed by atoms with Crippen molar-refractivity contribution in [1.29, 1.82) is 5.26 Å². The molecule has 0 amide bonds. The van der Waals surface area contributed by atoms with Gasteiger partial charge >= 0.3 is 0 Å². The Hall–Kier alpha value is -2.71. The molecular weight excluding hydrogens is 383 g/mol. The van der Waals surface area contributed by atoms with E-state index in [9.17, 15) is 14.4 Å². The molecule has 1 aromatic heterocycles. The Balaban J connectivity index is 2.33. The second-order valence-corrected chi connectivity index (χ2v) is 6.69. The predicted octanol–water partition coefficient (Wildman–Crippen LogP) is 5.10. The molecule has 0 aliphatic carbocycles. The topological polar surface area (TPSA) is 56.6 Å². The van der Waals surface area contributed by atoms with Gasteiger partial charge in [0.15, 0.2) is 0 Å². The molecule has 0 spiro atoms. The van der Waals surface area contributed by atoms with Gasteiger partial charge in [0.2, 0.25) is 0 Å². The molecule has 1 heterocycles. The van der Waals surface area contributed by atoms with Crippen LogP contribution in [0.15, 0.2) is 51.7 Å². The highest BCUT2D eigenvalue weighted by Gasteiger charge is 2.17. The van der Waals surface area contributed by atoms with Crippen molar-refractivity contribution in [2.24, 2.45) is 0 Å². The van der Waals surface area contributed by atoms with Crippen LogP contribution in [0.4, 0.5) is 4.39 Å². The number of benzene rings is 2. The molecule has 0 bridgehead atoms. The number of halogens is 2. The average molecular weight is 397 g/mol. The molecule has 0 saturated carbocycles. The number of hydrogen-bond acceptors (Lipinski definition) is 2. The number of pyridine rings is 1. The van der Waals surface area contributed by atoms with Crippen molar-refractivity contribution >= 4 is 15.9 Å². The van der Waals surface area contributed by atoms with Crippen LogP contribution in [0.25, 0.3) is 22.4 Å². The number of aromatic amines is 1. The van der Waals surface area contributed by atoms with Crippen LogP contribution in [0.2, 0.25) is 0 Å². The highest BCUT2D eigenvalue weighted by Crippen LogP contribution is 2.32. The summed E-state index contributed by atoms with van der Waals surface area (Å²) in [7, 11) is 0. The van der Waals surface area contributed by atoms with E-state index in [2.05, 4.69) is 20.9 Å². The van der Waals surface area contributed by atoms with Gasteiger partial charge in [0.1, 0.15) is 17.4 Å². The smallest absolute Gasteiger partial charge is 0.266 e. The first kappa shape index (κ1) is 17.1. The third kappa shape index (κ3) is 3.13. The lowest BCUT2D eigenvalue weighted by Crippen LogP contribution is -2.13. The maximum absolute atomic E-state index is 14.5. The van der Waals surface area contributed by atoms with E-state index in [0.717, 1.165) is 16.7 Å². The van der Waals surface area contributed by atoms with Crippen molar-refractivity contribution in [2.75, 3.05) is 0 Å². The van der Waals surface area contributed by atoms with Gasteiger partial charge in [-0.05, 0) is 47.5 Å². The van der Waals surface area contributed by atoms with Gasteiger partial charge < -0.3 is 4.98 Å². The molecular formula is C20H14BrFN2O. The van der Waals surface area contributed by atoms with Crippen LogP contribution in [0.1, 0.15) is 16.7 Å². The molecule has 5 heteroatoms. The van der Waals surface area contributed by atoms with Gasteiger partial charge in [-0.15, -0.1) is 0 Å². The first-order chi connectivity index (χ1) is 11.9. The lowest BCUT2D eigenvalue weighted by Gasteiger charge is -2.11. The van der Waals surface area contributed by atoms with Gasteiger partial charge in [-0.25, -0.2) is 4.39 Å². The molecule has 0 unspecified atom stereocenters. The van der Waals surface area contributed by atoms with Crippen LogP contribution in [-0.4, -0.2) is 4.98 Å². The van der Waals surface area contributed by atoms with Crippen LogP contribution in [0, 0.1) is 31.0 Å². The van der Waals surface area contributed by atoms with E-state index in [0.29, 0.717) is 5.69 Å².